The zero-order valence-electron chi connectivity index (χ0n) is 17.5. The van der Waals surface area contributed by atoms with Crippen LogP contribution in [-0.2, 0) is 31.9 Å². The monoisotopic (exact) mass is 558 g/mol. The Labute approximate surface area is 206 Å². The molecule has 1 unspecified atom stereocenters. The Morgan fingerprint density at radius 1 is 1.12 bits per heavy atom. The van der Waals surface area contributed by atoms with Gasteiger partial charge in [0.05, 0.1) is 20.6 Å². The minimum atomic E-state index is -4.42. The van der Waals surface area contributed by atoms with Crippen LogP contribution in [0.2, 0.25) is 15.2 Å². The van der Waals surface area contributed by atoms with Crippen molar-refractivity contribution in [2.75, 3.05) is 26.2 Å². The van der Waals surface area contributed by atoms with E-state index in [1.165, 1.54) is 30.8 Å². The number of hydrogen-bond acceptors (Lipinski definition) is 7. The summed E-state index contributed by atoms with van der Waals surface area (Å²) in [6.07, 6.45) is -1.73. The van der Waals surface area contributed by atoms with Crippen molar-refractivity contribution < 1.29 is 21.6 Å². The highest BCUT2D eigenvalue weighted by atomic mass is 35.5. The number of carbonyl (C=O) groups is 1. The summed E-state index contributed by atoms with van der Waals surface area (Å²) in [5, 5.41) is 6.42. The highest BCUT2D eigenvalue weighted by Crippen LogP contribution is 2.34. The summed E-state index contributed by atoms with van der Waals surface area (Å²) < 4.78 is 56.5. The number of hydrogen-bond donors (Lipinski definition) is 2. The predicted molar refractivity (Wildman–Crippen MR) is 123 cm³/mol. The first-order chi connectivity index (χ1) is 15.3. The normalized spacial score (nSPS) is 18.1. The van der Waals surface area contributed by atoms with E-state index in [0.29, 0.717) is 0 Å². The number of rotatable bonds is 7. The maximum atomic E-state index is 13.5. The van der Waals surface area contributed by atoms with Crippen LogP contribution in [0.4, 0.5) is 0 Å². The molecule has 1 fully saturated rings. The van der Waals surface area contributed by atoms with E-state index in [9.17, 15) is 21.6 Å². The van der Waals surface area contributed by atoms with Crippen LogP contribution in [0.3, 0.4) is 0 Å². The Kier molecular flexibility index (Phi) is 7.66. The number of aromatic nitrogens is 2. The molecule has 0 radical (unpaired) electrons. The van der Waals surface area contributed by atoms with Crippen molar-refractivity contribution in [3.05, 3.63) is 39.1 Å². The molecule has 3 rings (SSSR count). The predicted octanol–water partition coefficient (Wildman–Crippen LogP) is 0.785. The fourth-order valence-electron chi connectivity index (χ4n) is 3.43. The molecular weight excluding hydrogens is 539 g/mol. The SMILES string of the molecule is Cc1nn(C)c(Cl)c1S(=O)(=O)N1CCN(S(=O)(=O)c2ccc(Cl)c(Cl)c2)C1C(=O)NCCN. The molecule has 3 N–H and O–H groups in total. The summed E-state index contributed by atoms with van der Waals surface area (Å²) in [5.74, 6) is -0.858. The van der Waals surface area contributed by atoms with Crippen molar-refractivity contribution in [2.24, 2.45) is 12.8 Å². The average molecular weight is 560 g/mol. The zero-order valence-corrected chi connectivity index (χ0v) is 21.4. The fraction of sp³-hybridized carbons (Fsp3) is 0.412. The van der Waals surface area contributed by atoms with Gasteiger partial charge in [0.25, 0.3) is 5.91 Å². The van der Waals surface area contributed by atoms with E-state index in [2.05, 4.69) is 10.4 Å². The third-order valence-electron chi connectivity index (χ3n) is 4.93. The second-order valence-electron chi connectivity index (χ2n) is 7.09. The van der Waals surface area contributed by atoms with Crippen LogP contribution in [0.15, 0.2) is 28.0 Å². The molecule has 33 heavy (non-hydrogen) atoms. The van der Waals surface area contributed by atoms with Gasteiger partial charge in [0, 0.05) is 33.2 Å². The molecule has 11 nitrogen and oxygen atoms in total. The highest BCUT2D eigenvalue weighted by Gasteiger charge is 2.50. The van der Waals surface area contributed by atoms with E-state index in [4.69, 9.17) is 40.5 Å². The Balaban J connectivity index is 2.11. The Morgan fingerprint density at radius 3 is 2.24 bits per heavy atom. The van der Waals surface area contributed by atoms with Crippen molar-refractivity contribution in [2.45, 2.75) is 22.9 Å². The van der Waals surface area contributed by atoms with Crippen LogP contribution in [0.25, 0.3) is 0 Å². The molecule has 0 spiro atoms. The molecule has 182 valence electrons. The van der Waals surface area contributed by atoms with E-state index in [-0.39, 0.29) is 56.9 Å². The number of nitrogens with zero attached hydrogens (tertiary/aromatic N) is 4. The van der Waals surface area contributed by atoms with Crippen LogP contribution in [-0.4, -0.2) is 73.5 Å². The first-order valence-electron chi connectivity index (χ1n) is 9.49. The molecule has 1 amide bonds. The lowest BCUT2D eigenvalue weighted by Crippen LogP contribution is -2.54. The third kappa shape index (κ3) is 4.73. The summed E-state index contributed by atoms with van der Waals surface area (Å²) in [6, 6.07) is 3.65. The molecular formula is C17H21Cl3N6O5S2. The van der Waals surface area contributed by atoms with Gasteiger partial charge in [0.2, 0.25) is 20.0 Å². The minimum absolute atomic E-state index is 0.0105. The number of sulfonamides is 2. The van der Waals surface area contributed by atoms with Crippen LogP contribution in [0.5, 0.6) is 0 Å². The van der Waals surface area contributed by atoms with Gasteiger partial charge in [-0.2, -0.15) is 13.7 Å². The Morgan fingerprint density at radius 2 is 1.73 bits per heavy atom. The van der Waals surface area contributed by atoms with Crippen LogP contribution >= 0.6 is 34.8 Å². The third-order valence-corrected chi connectivity index (χ3v) is 10.1. The Bertz CT molecular complexity index is 1300. The smallest absolute Gasteiger partial charge is 0.254 e. The zero-order chi connectivity index (χ0) is 24.7. The second kappa shape index (κ2) is 9.66. The highest BCUT2D eigenvalue weighted by molar-refractivity contribution is 7.90. The first-order valence-corrected chi connectivity index (χ1v) is 13.5. The molecule has 1 saturated heterocycles. The molecule has 2 heterocycles. The maximum Gasteiger partial charge on any atom is 0.254 e. The molecule has 1 atom stereocenters. The van der Waals surface area contributed by atoms with Crippen molar-refractivity contribution in [3.63, 3.8) is 0 Å². The van der Waals surface area contributed by atoms with Gasteiger partial charge in [-0.05, 0) is 25.1 Å². The van der Waals surface area contributed by atoms with Gasteiger partial charge in [-0.25, -0.2) is 16.8 Å². The van der Waals surface area contributed by atoms with E-state index < -0.39 is 32.1 Å². The van der Waals surface area contributed by atoms with Gasteiger partial charge in [-0.15, -0.1) is 0 Å². The van der Waals surface area contributed by atoms with Crippen LogP contribution in [0, 0.1) is 6.92 Å². The quantitative estimate of drug-likeness (QED) is 0.509. The molecule has 1 aliphatic rings. The number of nitrogens with two attached hydrogens (primary N) is 1. The van der Waals surface area contributed by atoms with E-state index >= 15 is 0 Å². The van der Waals surface area contributed by atoms with E-state index in [1.54, 1.807) is 0 Å². The number of nitrogens with one attached hydrogen (secondary N) is 1. The maximum absolute atomic E-state index is 13.5. The van der Waals surface area contributed by atoms with Gasteiger partial charge in [0.1, 0.15) is 10.0 Å². The summed E-state index contributed by atoms with van der Waals surface area (Å²) >= 11 is 18.0. The molecule has 0 aliphatic carbocycles. The van der Waals surface area contributed by atoms with E-state index in [1.807, 2.05) is 0 Å². The second-order valence-corrected chi connectivity index (χ2v) is 12.0. The van der Waals surface area contributed by atoms with Crippen molar-refractivity contribution in [1.82, 2.24) is 23.7 Å². The first kappa shape index (κ1) is 26.2. The largest absolute Gasteiger partial charge is 0.352 e. The summed E-state index contributed by atoms with van der Waals surface area (Å²) in [5.41, 5.74) is 5.54. The number of halogens is 3. The fourth-order valence-corrected chi connectivity index (χ4v) is 7.68. The topological polar surface area (TPSA) is 148 Å². The van der Waals surface area contributed by atoms with Crippen LogP contribution in [0.1, 0.15) is 5.69 Å². The van der Waals surface area contributed by atoms with Crippen LogP contribution < -0.4 is 11.1 Å². The van der Waals surface area contributed by atoms with Gasteiger partial charge in [-0.3, -0.25) is 9.48 Å². The lowest BCUT2D eigenvalue weighted by atomic mass is 10.4. The lowest BCUT2D eigenvalue weighted by Gasteiger charge is -2.28. The number of aryl methyl sites for hydroxylation is 2. The molecule has 1 aromatic carbocycles. The molecule has 0 bridgehead atoms. The molecule has 2 aromatic rings. The Hall–Kier alpha value is -1.45. The van der Waals surface area contributed by atoms with Gasteiger partial charge in [0.15, 0.2) is 6.17 Å². The van der Waals surface area contributed by atoms with Gasteiger partial charge < -0.3 is 11.1 Å². The number of amides is 1. The van der Waals surface area contributed by atoms with Crippen molar-refractivity contribution in [3.8, 4) is 0 Å². The van der Waals surface area contributed by atoms with Gasteiger partial charge >= 0.3 is 0 Å². The summed E-state index contributed by atoms with van der Waals surface area (Å²) in [7, 11) is -7.30. The lowest BCUT2D eigenvalue weighted by molar-refractivity contribution is -0.126. The van der Waals surface area contributed by atoms with Gasteiger partial charge in [-0.1, -0.05) is 34.8 Å². The standard InChI is InChI=1S/C17H21Cl3N6O5S2/c1-10-14(15(20)24(2)23-10)33(30,31)26-8-7-25(17(26)16(27)22-6-5-21)32(28,29)11-3-4-12(18)13(19)9-11/h3-4,9,17H,5-8,21H2,1-2H3,(H,22,27). The number of carbonyl (C=O) groups excluding carboxylic acids is 1. The van der Waals surface area contributed by atoms with E-state index in [0.717, 1.165) is 14.7 Å². The molecule has 1 aliphatic heterocycles. The summed E-state index contributed by atoms with van der Waals surface area (Å²) in [6.45, 7) is 0.936. The molecule has 1 aromatic heterocycles. The minimum Gasteiger partial charge on any atom is -0.352 e. The van der Waals surface area contributed by atoms with Crippen molar-refractivity contribution in [1.29, 1.82) is 0 Å². The number of benzene rings is 1. The molecule has 0 saturated carbocycles. The average Bonchev–Trinajstić information content (AvgIpc) is 3.30. The molecule has 16 heteroatoms. The van der Waals surface area contributed by atoms with Crippen molar-refractivity contribution >= 4 is 60.8 Å². The summed E-state index contributed by atoms with van der Waals surface area (Å²) in [4.78, 5) is 12.4.